The molecule has 3 saturated heterocycles. The third kappa shape index (κ3) is 6.49. The van der Waals surface area contributed by atoms with Gasteiger partial charge >= 0.3 is 6.01 Å². The number of fused-ring (bicyclic) bond motifs is 3. The minimum Gasteiger partial charge on any atom is -0.460 e. The Bertz CT molecular complexity index is 1130. The normalized spacial score (nSPS) is 30.9. The number of hydrogen-bond acceptors (Lipinski definition) is 12. The van der Waals surface area contributed by atoms with Gasteiger partial charge in [-0.1, -0.05) is 19.3 Å². The van der Waals surface area contributed by atoms with Crippen molar-refractivity contribution in [2.75, 3.05) is 23.8 Å². The van der Waals surface area contributed by atoms with Crippen molar-refractivity contribution in [2.45, 2.75) is 121 Å². The Hall–Kier alpha value is -2.58. The molecule has 0 unspecified atom stereocenters. The first-order valence-corrected chi connectivity index (χ1v) is 14.4. The molecule has 1 saturated carbocycles. The van der Waals surface area contributed by atoms with Gasteiger partial charge in [0.1, 0.15) is 31.0 Å². The molecule has 2 aromatic rings. The molecule has 0 bridgehead atoms. The molecule has 0 amide bonds. The fourth-order valence-corrected chi connectivity index (χ4v) is 5.86. The van der Waals surface area contributed by atoms with Crippen LogP contribution in [0.3, 0.4) is 0 Å². The van der Waals surface area contributed by atoms with Gasteiger partial charge in [0.05, 0.1) is 6.33 Å². The molecule has 5 atom stereocenters. The lowest BCUT2D eigenvalue weighted by atomic mass is 9.96. The summed E-state index contributed by atoms with van der Waals surface area (Å²) < 4.78 is 39.0. The third-order valence-electron chi connectivity index (χ3n) is 7.62. The lowest BCUT2D eigenvalue weighted by Crippen LogP contribution is -2.56. The average molecular weight is 560 g/mol. The third-order valence-corrected chi connectivity index (χ3v) is 7.62. The smallest absolute Gasteiger partial charge is 0.323 e. The van der Waals surface area contributed by atoms with Gasteiger partial charge in [-0.25, -0.2) is 4.98 Å². The minimum absolute atomic E-state index is 0.153. The summed E-state index contributed by atoms with van der Waals surface area (Å²) in [5, 5.41) is 6.81. The van der Waals surface area contributed by atoms with Crippen LogP contribution in [0.4, 0.5) is 11.9 Å². The second-order valence-electron chi connectivity index (χ2n) is 11.8. The molecule has 2 N–H and O–H groups in total. The van der Waals surface area contributed by atoms with E-state index in [4.69, 9.17) is 28.4 Å². The highest BCUT2D eigenvalue weighted by Crippen LogP contribution is 2.44. The van der Waals surface area contributed by atoms with Gasteiger partial charge in [0.15, 0.2) is 17.9 Å². The van der Waals surface area contributed by atoms with Gasteiger partial charge in [-0.05, 0) is 47.0 Å². The maximum absolute atomic E-state index is 6.28. The van der Waals surface area contributed by atoms with Crippen LogP contribution in [0.2, 0.25) is 0 Å². The quantitative estimate of drug-likeness (QED) is 0.414. The topological polar surface area (TPSA) is 136 Å². The number of aromatic nitrogens is 5. The molecule has 5 heterocycles. The molecule has 13 nitrogen and oxygen atoms in total. The van der Waals surface area contributed by atoms with Crippen molar-refractivity contribution in [3.05, 3.63) is 18.7 Å². The number of nitrogens with zero attached hydrogens (tertiary/aromatic N) is 5. The molecule has 1 aliphatic carbocycles. The monoisotopic (exact) mass is 559 g/mol. The Morgan fingerprint density at radius 3 is 2.48 bits per heavy atom. The van der Waals surface area contributed by atoms with Gasteiger partial charge in [0.2, 0.25) is 11.9 Å². The van der Waals surface area contributed by atoms with E-state index >= 15 is 0 Å². The number of aryl methyl sites for hydroxylation is 1. The van der Waals surface area contributed by atoms with Crippen molar-refractivity contribution in [3.63, 3.8) is 0 Å². The molecule has 4 aliphatic rings. The van der Waals surface area contributed by atoms with Crippen LogP contribution in [0.1, 0.15) is 66.2 Å². The van der Waals surface area contributed by atoms with Crippen molar-refractivity contribution in [2.24, 2.45) is 0 Å². The SMILES string of the molecule is CC1(C)O[C@H]2[C@@H](O1)[C@@H](COc1nc(NCCCn3ccnc3)nc(NC3CCCCC3)n1)O[C@@H]1OC(C)(C)O[C@@H]12. The second-order valence-corrected chi connectivity index (χ2v) is 11.8. The van der Waals surface area contributed by atoms with Gasteiger partial charge in [0.25, 0.3) is 0 Å². The number of anilines is 2. The van der Waals surface area contributed by atoms with E-state index in [1.807, 2.05) is 44.8 Å². The zero-order valence-corrected chi connectivity index (χ0v) is 23.7. The van der Waals surface area contributed by atoms with Crippen LogP contribution in [0.15, 0.2) is 18.7 Å². The van der Waals surface area contributed by atoms with E-state index in [1.54, 1.807) is 6.20 Å². The first-order chi connectivity index (χ1) is 19.2. The number of nitrogens with one attached hydrogen (secondary N) is 2. The highest BCUT2D eigenvalue weighted by molar-refractivity contribution is 5.36. The average Bonchev–Trinajstić information content (AvgIpc) is 3.62. The fourth-order valence-electron chi connectivity index (χ4n) is 5.86. The van der Waals surface area contributed by atoms with E-state index in [9.17, 15) is 0 Å². The van der Waals surface area contributed by atoms with E-state index < -0.39 is 30.1 Å². The molecule has 6 rings (SSSR count). The number of hydrogen-bond donors (Lipinski definition) is 2. The van der Waals surface area contributed by atoms with E-state index in [1.165, 1.54) is 19.3 Å². The molecule has 0 spiro atoms. The summed E-state index contributed by atoms with van der Waals surface area (Å²) in [7, 11) is 0. The Morgan fingerprint density at radius 1 is 0.925 bits per heavy atom. The van der Waals surface area contributed by atoms with Crippen LogP contribution in [-0.2, 0) is 30.2 Å². The first-order valence-electron chi connectivity index (χ1n) is 14.4. The van der Waals surface area contributed by atoms with Crippen LogP contribution in [0.25, 0.3) is 0 Å². The van der Waals surface area contributed by atoms with E-state index in [-0.39, 0.29) is 24.8 Å². The molecule has 13 heteroatoms. The van der Waals surface area contributed by atoms with Crippen LogP contribution in [-0.4, -0.2) is 86.0 Å². The van der Waals surface area contributed by atoms with E-state index in [2.05, 4.69) is 30.6 Å². The Labute approximate surface area is 234 Å². The molecule has 0 radical (unpaired) electrons. The first kappa shape index (κ1) is 27.6. The van der Waals surface area contributed by atoms with Crippen molar-refractivity contribution < 1.29 is 28.4 Å². The van der Waals surface area contributed by atoms with Crippen LogP contribution in [0.5, 0.6) is 6.01 Å². The molecule has 0 aromatic carbocycles. The predicted octanol–water partition coefficient (Wildman–Crippen LogP) is 3.09. The number of rotatable bonds is 10. The zero-order chi connectivity index (χ0) is 27.7. The maximum atomic E-state index is 6.28. The lowest BCUT2D eigenvalue weighted by Gasteiger charge is -2.36. The molecule has 2 aromatic heterocycles. The van der Waals surface area contributed by atoms with Crippen molar-refractivity contribution in [1.82, 2.24) is 24.5 Å². The summed E-state index contributed by atoms with van der Waals surface area (Å²) in [5.74, 6) is -0.586. The minimum atomic E-state index is -0.780. The highest BCUT2D eigenvalue weighted by Gasteiger charge is 2.60. The summed E-state index contributed by atoms with van der Waals surface area (Å²) in [4.78, 5) is 17.9. The predicted molar refractivity (Wildman–Crippen MR) is 144 cm³/mol. The summed E-state index contributed by atoms with van der Waals surface area (Å²) in [6.45, 7) is 9.20. The van der Waals surface area contributed by atoms with Gasteiger partial charge < -0.3 is 43.6 Å². The van der Waals surface area contributed by atoms with Crippen molar-refractivity contribution in [3.8, 4) is 6.01 Å². The van der Waals surface area contributed by atoms with Crippen molar-refractivity contribution >= 4 is 11.9 Å². The molecule has 220 valence electrons. The molecule has 40 heavy (non-hydrogen) atoms. The Morgan fingerprint density at radius 2 is 1.68 bits per heavy atom. The van der Waals surface area contributed by atoms with Gasteiger partial charge in [-0.3, -0.25) is 0 Å². The van der Waals surface area contributed by atoms with Crippen LogP contribution >= 0.6 is 0 Å². The Balaban J connectivity index is 1.14. The standard InChI is InChI=1S/C27H41N7O6/c1-26(2)37-19-18(36-22-21(20(19)38-26)39-27(3,4)40-22)15-35-25-32-23(29-11-8-13-34-14-12-28-16-34)31-24(33-25)30-17-9-6-5-7-10-17/h12,14,16-22H,5-11,13,15H2,1-4H3,(H2,29,30,31,32,33)/t18-,19+,20+,21-,22-/m1/s1. The molecular weight excluding hydrogens is 518 g/mol. The van der Waals surface area contributed by atoms with Gasteiger partial charge in [0, 0.05) is 31.5 Å². The van der Waals surface area contributed by atoms with E-state index in [0.29, 0.717) is 24.5 Å². The Kier molecular flexibility index (Phi) is 7.83. The maximum Gasteiger partial charge on any atom is 0.323 e. The van der Waals surface area contributed by atoms with Gasteiger partial charge in [-0.15, -0.1) is 0 Å². The lowest BCUT2D eigenvalue weighted by molar-refractivity contribution is -0.238. The fraction of sp³-hybridized carbons (Fsp3) is 0.778. The summed E-state index contributed by atoms with van der Waals surface area (Å²) in [5.41, 5.74) is 0. The van der Waals surface area contributed by atoms with Crippen LogP contribution in [0, 0.1) is 0 Å². The summed E-state index contributed by atoms with van der Waals surface area (Å²) in [6, 6.07) is 0.557. The van der Waals surface area contributed by atoms with Gasteiger partial charge in [-0.2, -0.15) is 15.0 Å². The number of imidazole rings is 1. The van der Waals surface area contributed by atoms with E-state index in [0.717, 1.165) is 25.8 Å². The van der Waals surface area contributed by atoms with Crippen LogP contribution < -0.4 is 15.4 Å². The highest BCUT2D eigenvalue weighted by atomic mass is 16.9. The number of ether oxygens (including phenoxy) is 6. The summed E-state index contributed by atoms with van der Waals surface area (Å²) >= 11 is 0. The molecular formula is C27H41N7O6. The summed E-state index contributed by atoms with van der Waals surface area (Å²) in [6.07, 6.45) is 10.1. The zero-order valence-electron chi connectivity index (χ0n) is 23.7. The largest absolute Gasteiger partial charge is 0.460 e. The molecule has 4 fully saturated rings. The second kappa shape index (κ2) is 11.4. The van der Waals surface area contributed by atoms with Crippen molar-refractivity contribution in [1.29, 1.82) is 0 Å². The molecule has 3 aliphatic heterocycles.